The smallest absolute Gasteiger partial charge is 0.280 e. The van der Waals surface area contributed by atoms with Gasteiger partial charge < -0.3 is 4.74 Å². The van der Waals surface area contributed by atoms with Gasteiger partial charge in [-0.1, -0.05) is 18.2 Å². The fraction of sp³-hybridized carbons (Fsp3) is 0.0625. The van der Waals surface area contributed by atoms with Gasteiger partial charge in [0.05, 0.1) is 18.0 Å². The molecule has 1 amide bonds. The molecule has 0 unspecified atom stereocenters. The Morgan fingerprint density at radius 1 is 1.18 bits per heavy atom. The standard InChI is InChI=1S/C16H13N3O3/c1-22-12-6-4-5-11(9-12)15(20)18-19-10-17-14-8-3-2-7-13(14)16(19)21/h2-10H,1H3,(H,18,20). The summed E-state index contributed by atoms with van der Waals surface area (Å²) in [7, 11) is 1.52. The molecule has 0 bridgehead atoms. The first kappa shape index (κ1) is 13.8. The van der Waals surface area contributed by atoms with E-state index in [9.17, 15) is 9.59 Å². The Bertz CT molecular complexity index is 902. The summed E-state index contributed by atoms with van der Waals surface area (Å²) in [6, 6.07) is 13.6. The number of nitrogens with zero attached hydrogens (tertiary/aromatic N) is 2. The normalized spacial score (nSPS) is 10.4. The van der Waals surface area contributed by atoms with Crippen molar-refractivity contribution in [3.8, 4) is 5.75 Å². The van der Waals surface area contributed by atoms with Gasteiger partial charge in [-0.25, -0.2) is 9.66 Å². The minimum atomic E-state index is -0.418. The lowest BCUT2D eigenvalue weighted by atomic mass is 10.2. The van der Waals surface area contributed by atoms with Crippen LogP contribution in [0.2, 0.25) is 0 Å². The van der Waals surface area contributed by atoms with E-state index in [1.807, 2.05) is 0 Å². The maximum atomic E-state index is 12.3. The maximum absolute atomic E-state index is 12.3. The Labute approximate surface area is 126 Å². The van der Waals surface area contributed by atoms with Gasteiger partial charge in [0.2, 0.25) is 0 Å². The van der Waals surface area contributed by atoms with Crippen molar-refractivity contribution in [1.82, 2.24) is 9.66 Å². The summed E-state index contributed by atoms with van der Waals surface area (Å²) < 4.78 is 6.15. The van der Waals surface area contributed by atoms with Crippen LogP contribution in [0.15, 0.2) is 59.7 Å². The van der Waals surface area contributed by atoms with Crippen LogP contribution in [-0.2, 0) is 0 Å². The Kier molecular flexibility index (Phi) is 3.57. The Balaban J connectivity index is 1.94. The summed E-state index contributed by atoms with van der Waals surface area (Å²) in [5.74, 6) is 0.148. The highest BCUT2D eigenvalue weighted by Gasteiger charge is 2.09. The van der Waals surface area contributed by atoms with Crippen molar-refractivity contribution >= 4 is 16.8 Å². The molecule has 1 aromatic heterocycles. The molecular weight excluding hydrogens is 282 g/mol. The highest BCUT2D eigenvalue weighted by Crippen LogP contribution is 2.12. The molecule has 0 saturated heterocycles. The van der Waals surface area contributed by atoms with Crippen LogP contribution in [0.5, 0.6) is 5.75 Å². The van der Waals surface area contributed by atoms with E-state index in [-0.39, 0.29) is 5.56 Å². The fourth-order valence-electron chi connectivity index (χ4n) is 2.09. The molecule has 0 aliphatic rings. The first-order valence-electron chi connectivity index (χ1n) is 6.61. The molecule has 0 fully saturated rings. The molecule has 0 saturated carbocycles. The topological polar surface area (TPSA) is 73.2 Å². The molecule has 22 heavy (non-hydrogen) atoms. The number of para-hydroxylation sites is 1. The lowest BCUT2D eigenvalue weighted by molar-refractivity contribution is 0.101. The van der Waals surface area contributed by atoms with E-state index in [1.54, 1.807) is 48.5 Å². The molecule has 0 radical (unpaired) electrons. The van der Waals surface area contributed by atoms with Crippen molar-refractivity contribution in [2.45, 2.75) is 0 Å². The predicted octanol–water partition coefficient (Wildman–Crippen LogP) is 1.79. The van der Waals surface area contributed by atoms with Gasteiger partial charge in [0.15, 0.2) is 0 Å². The summed E-state index contributed by atoms with van der Waals surface area (Å²) in [5, 5.41) is 0.441. The van der Waals surface area contributed by atoms with Gasteiger partial charge in [-0.15, -0.1) is 0 Å². The van der Waals surface area contributed by atoms with Crippen LogP contribution < -0.4 is 15.7 Å². The van der Waals surface area contributed by atoms with E-state index < -0.39 is 5.91 Å². The Morgan fingerprint density at radius 2 is 2.00 bits per heavy atom. The van der Waals surface area contributed by atoms with Crippen molar-refractivity contribution < 1.29 is 9.53 Å². The zero-order valence-electron chi connectivity index (χ0n) is 11.8. The minimum absolute atomic E-state index is 0.332. The van der Waals surface area contributed by atoms with Gasteiger partial charge in [-0.05, 0) is 30.3 Å². The number of nitrogens with one attached hydrogen (secondary N) is 1. The third-order valence-corrected chi connectivity index (χ3v) is 3.22. The first-order chi connectivity index (χ1) is 10.7. The van der Waals surface area contributed by atoms with Gasteiger partial charge in [0, 0.05) is 5.56 Å². The zero-order valence-corrected chi connectivity index (χ0v) is 11.8. The van der Waals surface area contributed by atoms with Gasteiger partial charge in [-0.2, -0.15) is 0 Å². The van der Waals surface area contributed by atoms with Gasteiger partial charge in [-0.3, -0.25) is 15.0 Å². The summed E-state index contributed by atoms with van der Waals surface area (Å²) in [5.41, 5.74) is 3.16. The van der Waals surface area contributed by atoms with E-state index in [2.05, 4.69) is 10.4 Å². The van der Waals surface area contributed by atoms with Crippen molar-refractivity contribution in [3.63, 3.8) is 0 Å². The van der Waals surface area contributed by atoms with Crippen molar-refractivity contribution in [2.24, 2.45) is 0 Å². The van der Waals surface area contributed by atoms with Gasteiger partial charge >= 0.3 is 0 Å². The summed E-state index contributed by atoms with van der Waals surface area (Å²) >= 11 is 0. The maximum Gasteiger partial charge on any atom is 0.280 e. The second-order valence-electron chi connectivity index (χ2n) is 4.61. The number of methoxy groups -OCH3 is 1. The van der Waals surface area contributed by atoms with Crippen LogP contribution in [0.4, 0.5) is 0 Å². The fourth-order valence-corrected chi connectivity index (χ4v) is 2.09. The number of carbonyl (C=O) groups is 1. The van der Waals surface area contributed by atoms with E-state index in [0.717, 1.165) is 4.68 Å². The number of aromatic nitrogens is 2. The van der Waals surface area contributed by atoms with E-state index in [0.29, 0.717) is 22.2 Å². The van der Waals surface area contributed by atoms with Crippen LogP contribution in [0.25, 0.3) is 10.9 Å². The molecule has 0 aliphatic carbocycles. The number of rotatable bonds is 3. The number of hydrogen-bond acceptors (Lipinski definition) is 4. The molecular formula is C16H13N3O3. The quantitative estimate of drug-likeness (QED) is 0.799. The molecule has 3 rings (SSSR count). The third kappa shape index (κ3) is 2.54. The Morgan fingerprint density at radius 3 is 2.82 bits per heavy atom. The van der Waals surface area contributed by atoms with E-state index >= 15 is 0 Å². The number of benzene rings is 2. The predicted molar refractivity (Wildman–Crippen MR) is 82.7 cm³/mol. The lowest BCUT2D eigenvalue weighted by Gasteiger charge is -2.09. The monoisotopic (exact) mass is 295 g/mol. The van der Waals surface area contributed by atoms with Crippen molar-refractivity contribution in [1.29, 1.82) is 0 Å². The lowest BCUT2D eigenvalue weighted by Crippen LogP contribution is -2.33. The SMILES string of the molecule is COc1cccc(C(=O)Nn2cnc3ccccc3c2=O)c1. The van der Waals surface area contributed by atoms with Crippen LogP contribution in [0.1, 0.15) is 10.4 Å². The number of fused-ring (bicyclic) bond motifs is 1. The van der Waals surface area contributed by atoms with Crippen molar-refractivity contribution in [2.75, 3.05) is 12.5 Å². The molecule has 3 aromatic rings. The average Bonchev–Trinajstić information content (AvgIpc) is 2.57. The van der Waals surface area contributed by atoms with Gasteiger partial charge in [0.1, 0.15) is 12.1 Å². The first-order valence-corrected chi connectivity index (χ1v) is 6.61. The summed E-state index contributed by atoms with van der Waals surface area (Å²) in [6.07, 6.45) is 1.29. The van der Waals surface area contributed by atoms with Crippen LogP contribution >= 0.6 is 0 Å². The molecule has 0 aliphatic heterocycles. The molecule has 1 heterocycles. The minimum Gasteiger partial charge on any atom is -0.497 e. The highest BCUT2D eigenvalue weighted by atomic mass is 16.5. The van der Waals surface area contributed by atoms with E-state index in [4.69, 9.17) is 4.74 Å². The van der Waals surface area contributed by atoms with Crippen LogP contribution in [0, 0.1) is 0 Å². The molecule has 2 aromatic carbocycles. The van der Waals surface area contributed by atoms with Crippen molar-refractivity contribution in [3.05, 3.63) is 70.8 Å². The van der Waals surface area contributed by atoms with E-state index in [1.165, 1.54) is 13.4 Å². The molecule has 0 spiro atoms. The average molecular weight is 295 g/mol. The zero-order chi connectivity index (χ0) is 15.5. The summed E-state index contributed by atoms with van der Waals surface area (Å²) in [6.45, 7) is 0. The third-order valence-electron chi connectivity index (χ3n) is 3.22. The number of ether oxygens (including phenoxy) is 1. The highest BCUT2D eigenvalue weighted by molar-refractivity contribution is 6.00. The molecule has 110 valence electrons. The molecule has 6 heteroatoms. The molecule has 1 N–H and O–H groups in total. The van der Waals surface area contributed by atoms with Crippen LogP contribution in [0.3, 0.4) is 0 Å². The largest absolute Gasteiger partial charge is 0.497 e. The second kappa shape index (κ2) is 5.69. The second-order valence-corrected chi connectivity index (χ2v) is 4.61. The van der Waals surface area contributed by atoms with Crippen LogP contribution in [-0.4, -0.2) is 22.7 Å². The van der Waals surface area contributed by atoms with Gasteiger partial charge in [0.25, 0.3) is 11.5 Å². The summed E-state index contributed by atoms with van der Waals surface area (Å²) in [4.78, 5) is 28.7. The Hall–Kier alpha value is -3.15. The number of carbonyl (C=O) groups excluding carboxylic acids is 1. The molecule has 0 atom stereocenters. The number of amides is 1. The number of hydrogen-bond donors (Lipinski definition) is 1. The molecule has 6 nitrogen and oxygen atoms in total.